The Hall–Kier alpha value is -2.47. The molecule has 1 aliphatic rings. The predicted octanol–water partition coefficient (Wildman–Crippen LogP) is 2.33. The second-order valence-corrected chi connectivity index (χ2v) is 8.10. The summed E-state index contributed by atoms with van der Waals surface area (Å²) in [4.78, 5) is 27.1. The highest BCUT2D eigenvalue weighted by Gasteiger charge is 2.51. The standard InChI is InChI=1S/C18H17NO4S/c1-18(12-24(22,23)13-8-4-3-5-9-13)16(20)14-10-6-7-11-15(14)19(2)17(18)21/h3-11H,12H2,1-2H3. The minimum absolute atomic E-state index is 0.105. The molecular weight excluding hydrogens is 326 g/mol. The van der Waals surface area contributed by atoms with Gasteiger partial charge in [0.1, 0.15) is 5.41 Å². The van der Waals surface area contributed by atoms with Gasteiger partial charge in [-0.05, 0) is 31.2 Å². The lowest BCUT2D eigenvalue weighted by Crippen LogP contribution is -2.53. The molecule has 24 heavy (non-hydrogen) atoms. The maximum Gasteiger partial charge on any atom is 0.241 e. The lowest BCUT2D eigenvalue weighted by atomic mass is 9.79. The maximum absolute atomic E-state index is 12.9. The average molecular weight is 343 g/mol. The van der Waals surface area contributed by atoms with E-state index in [2.05, 4.69) is 0 Å². The molecule has 6 heteroatoms. The molecular formula is C18H17NO4S. The number of rotatable bonds is 3. The van der Waals surface area contributed by atoms with Gasteiger partial charge in [-0.25, -0.2) is 8.42 Å². The van der Waals surface area contributed by atoms with Crippen molar-refractivity contribution in [2.45, 2.75) is 11.8 Å². The Bertz CT molecular complexity index is 921. The van der Waals surface area contributed by atoms with Crippen molar-refractivity contribution in [1.82, 2.24) is 0 Å². The quantitative estimate of drug-likeness (QED) is 0.802. The molecule has 0 aliphatic carbocycles. The number of Topliss-reactive ketones (excluding diaryl/α,β-unsaturated/α-hetero) is 1. The average Bonchev–Trinajstić information content (AvgIpc) is 2.59. The molecule has 0 spiro atoms. The highest BCUT2D eigenvalue weighted by Crippen LogP contribution is 2.38. The van der Waals surface area contributed by atoms with Crippen molar-refractivity contribution in [2.75, 3.05) is 17.7 Å². The van der Waals surface area contributed by atoms with Gasteiger partial charge >= 0.3 is 0 Å². The van der Waals surface area contributed by atoms with E-state index < -0.39 is 32.7 Å². The van der Waals surface area contributed by atoms with Gasteiger partial charge in [0.2, 0.25) is 5.91 Å². The fourth-order valence-corrected chi connectivity index (χ4v) is 4.80. The lowest BCUT2D eigenvalue weighted by molar-refractivity contribution is -0.124. The molecule has 1 amide bonds. The minimum Gasteiger partial charge on any atom is -0.314 e. The van der Waals surface area contributed by atoms with Gasteiger partial charge in [0.25, 0.3) is 0 Å². The molecule has 2 aromatic rings. The summed E-state index contributed by atoms with van der Waals surface area (Å²) in [6, 6.07) is 14.6. The number of carbonyl (C=O) groups excluding carboxylic acids is 2. The SMILES string of the molecule is CN1C(=O)C(C)(CS(=O)(=O)c2ccccc2)C(=O)c2ccccc21. The predicted molar refractivity (Wildman–Crippen MR) is 90.8 cm³/mol. The van der Waals surface area contributed by atoms with Crippen molar-refractivity contribution in [2.24, 2.45) is 5.41 Å². The van der Waals surface area contributed by atoms with Gasteiger partial charge < -0.3 is 4.90 Å². The fourth-order valence-electron chi connectivity index (χ4n) is 3.05. The summed E-state index contributed by atoms with van der Waals surface area (Å²) >= 11 is 0. The molecule has 0 fully saturated rings. The molecule has 0 saturated carbocycles. The molecule has 0 N–H and O–H groups in total. The second-order valence-electron chi connectivity index (χ2n) is 6.11. The molecule has 124 valence electrons. The maximum atomic E-state index is 12.9. The van der Waals surface area contributed by atoms with Gasteiger partial charge in [-0.1, -0.05) is 30.3 Å². The van der Waals surface area contributed by atoms with Gasteiger partial charge in [-0.2, -0.15) is 0 Å². The Morgan fingerprint density at radius 2 is 1.54 bits per heavy atom. The summed E-state index contributed by atoms with van der Waals surface area (Å²) in [7, 11) is -2.22. The molecule has 5 nitrogen and oxygen atoms in total. The van der Waals surface area contributed by atoms with Crippen molar-refractivity contribution in [1.29, 1.82) is 0 Å². The Morgan fingerprint density at radius 3 is 2.21 bits per heavy atom. The number of hydrogen-bond acceptors (Lipinski definition) is 4. The van der Waals surface area contributed by atoms with Crippen molar-refractivity contribution in [3.05, 3.63) is 60.2 Å². The second kappa shape index (κ2) is 5.56. The molecule has 0 saturated heterocycles. The first-order valence-corrected chi connectivity index (χ1v) is 9.12. The molecule has 1 aliphatic heterocycles. The van der Waals surface area contributed by atoms with Crippen molar-refractivity contribution in [3.8, 4) is 0 Å². The number of carbonyl (C=O) groups is 2. The summed E-state index contributed by atoms with van der Waals surface area (Å²) in [5.41, 5.74) is -0.773. The minimum atomic E-state index is -3.78. The zero-order chi connectivity index (χ0) is 17.5. The van der Waals surface area contributed by atoms with Crippen LogP contribution in [-0.4, -0.2) is 32.9 Å². The topological polar surface area (TPSA) is 71.5 Å². The number of benzene rings is 2. The highest BCUT2D eigenvalue weighted by atomic mass is 32.2. The number of fused-ring (bicyclic) bond motifs is 1. The smallest absolute Gasteiger partial charge is 0.241 e. The number of hydrogen-bond donors (Lipinski definition) is 0. The van der Waals surface area contributed by atoms with Crippen LogP contribution in [0.1, 0.15) is 17.3 Å². The Labute approximate surface area is 140 Å². The molecule has 3 rings (SSSR count). The largest absolute Gasteiger partial charge is 0.314 e. The third kappa shape index (κ3) is 2.43. The van der Waals surface area contributed by atoms with E-state index in [1.165, 1.54) is 24.0 Å². The van der Waals surface area contributed by atoms with Crippen LogP contribution in [0.15, 0.2) is 59.5 Å². The first-order chi connectivity index (χ1) is 11.3. The van der Waals surface area contributed by atoms with Gasteiger partial charge in [0.05, 0.1) is 16.3 Å². The van der Waals surface area contributed by atoms with Crippen LogP contribution >= 0.6 is 0 Å². The normalized spacial score (nSPS) is 20.8. The van der Waals surface area contributed by atoms with Crippen molar-refractivity contribution < 1.29 is 18.0 Å². The van der Waals surface area contributed by atoms with Crippen molar-refractivity contribution in [3.63, 3.8) is 0 Å². The van der Waals surface area contributed by atoms with Crippen LogP contribution in [0.4, 0.5) is 5.69 Å². The van der Waals surface area contributed by atoms with Crippen LogP contribution in [0.2, 0.25) is 0 Å². The lowest BCUT2D eigenvalue weighted by Gasteiger charge is -2.37. The number of para-hydroxylation sites is 1. The molecule has 1 heterocycles. The van der Waals surface area contributed by atoms with Gasteiger partial charge in [-0.3, -0.25) is 9.59 Å². The van der Waals surface area contributed by atoms with E-state index >= 15 is 0 Å². The summed E-state index contributed by atoms with van der Waals surface area (Å²) in [5, 5.41) is 0. The van der Waals surface area contributed by atoms with E-state index in [1.54, 1.807) is 49.5 Å². The number of ketones is 1. The first-order valence-electron chi connectivity index (χ1n) is 7.47. The van der Waals surface area contributed by atoms with E-state index in [0.717, 1.165) is 0 Å². The van der Waals surface area contributed by atoms with E-state index in [0.29, 0.717) is 11.3 Å². The number of sulfone groups is 1. The third-order valence-corrected chi connectivity index (χ3v) is 6.32. The number of nitrogens with zero attached hydrogens (tertiary/aromatic N) is 1. The third-order valence-electron chi connectivity index (χ3n) is 4.37. The van der Waals surface area contributed by atoms with Gasteiger partial charge in [0.15, 0.2) is 15.6 Å². The van der Waals surface area contributed by atoms with E-state index in [9.17, 15) is 18.0 Å². The van der Waals surface area contributed by atoms with Crippen molar-refractivity contribution >= 4 is 27.2 Å². The van der Waals surface area contributed by atoms with Crippen LogP contribution in [0, 0.1) is 5.41 Å². The number of amides is 1. The van der Waals surface area contributed by atoms with E-state index in [1.807, 2.05) is 0 Å². The summed E-state index contributed by atoms with van der Waals surface area (Å²) in [6.07, 6.45) is 0. The van der Waals surface area contributed by atoms with Gasteiger partial charge in [0, 0.05) is 12.6 Å². The van der Waals surface area contributed by atoms with Crippen LogP contribution in [-0.2, 0) is 14.6 Å². The molecule has 0 bridgehead atoms. The van der Waals surface area contributed by atoms with E-state index in [-0.39, 0.29) is 4.90 Å². The first kappa shape index (κ1) is 16.4. The highest BCUT2D eigenvalue weighted by molar-refractivity contribution is 7.91. The molecule has 1 unspecified atom stereocenters. The Morgan fingerprint density at radius 1 is 0.958 bits per heavy atom. The molecule has 2 aromatic carbocycles. The zero-order valence-corrected chi connectivity index (χ0v) is 14.2. The zero-order valence-electron chi connectivity index (χ0n) is 13.4. The van der Waals surface area contributed by atoms with Crippen LogP contribution in [0.5, 0.6) is 0 Å². The Balaban J connectivity index is 2.07. The number of anilines is 1. The van der Waals surface area contributed by atoms with Gasteiger partial charge in [-0.15, -0.1) is 0 Å². The fraction of sp³-hybridized carbons (Fsp3) is 0.222. The summed E-state index contributed by atoms with van der Waals surface area (Å²) < 4.78 is 25.4. The van der Waals surface area contributed by atoms with E-state index in [4.69, 9.17) is 0 Å². The van der Waals surface area contributed by atoms with Crippen LogP contribution < -0.4 is 4.90 Å². The summed E-state index contributed by atoms with van der Waals surface area (Å²) in [5.74, 6) is -1.52. The van der Waals surface area contributed by atoms with Crippen LogP contribution in [0.25, 0.3) is 0 Å². The Kier molecular flexibility index (Phi) is 3.80. The summed E-state index contributed by atoms with van der Waals surface area (Å²) in [6.45, 7) is 1.41. The molecule has 1 atom stereocenters. The molecule has 0 radical (unpaired) electrons. The monoisotopic (exact) mass is 343 g/mol. The van der Waals surface area contributed by atoms with Crippen LogP contribution in [0.3, 0.4) is 0 Å². The molecule has 0 aromatic heterocycles.